The number of nitrogens with zero attached hydrogens (tertiary/aromatic N) is 2. The van der Waals surface area contributed by atoms with Crippen LogP contribution in [0.4, 0.5) is 5.82 Å². The van der Waals surface area contributed by atoms with Gasteiger partial charge in [0.05, 0.1) is 16.4 Å². The Morgan fingerprint density at radius 3 is 2.81 bits per heavy atom. The number of thiazole rings is 1. The van der Waals surface area contributed by atoms with Gasteiger partial charge in [0.2, 0.25) is 0 Å². The quantitative estimate of drug-likeness (QED) is 0.860. The first-order chi connectivity index (χ1) is 7.58. The van der Waals surface area contributed by atoms with Crippen molar-refractivity contribution >= 4 is 17.2 Å². The zero-order chi connectivity index (χ0) is 11.7. The van der Waals surface area contributed by atoms with Gasteiger partial charge in [-0.3, -0.25) is 5.10 Å². The molecule has 2 rings (SSSR count). The maximum absolute atomic E-state index is 5.87. The third-order valence-corrected chi connectivity index (χ3v) is 3.16. The highest BCUT2D eigenvalue weighted by Gasteiger charge is 2.15. The molecule has 0 aliphatic rings. The molecule has 0 spiro atoms. The predicted octanol–water partition coefficient (Wildman–Crippen LogP) is 2.62. The average Bonchev–Trinajstić information content (AvgIpc) is 2.75. The van der Waals surface area contributed by atoms with E-state index in [2.05, 4.69) is 29.0 Å². The highest BCUT2D eigenvalue weighted by atomic mass is 32.1. The Balaban J connectivity index is 2.41. The van der Waals surface area contributed by atoms with Gasteiger partial charge in [-0.25, -0.2) is 4.98 Å². The minimum Gasteiger partial charge on any atom is -0.382 e. The number of anilines is 1. The van der Waals surface area contributed by atoms with Crippen molar-refractivity contribution in [1.82, 2.24) is 15.2 Å². The summed E-state index contributed by atoms with van der Waals surface area (Å²) in [4.78, 5) is 4.45. The van der Waals surface area contributed by atoms with Crippen molar-refractivity contribution in [3.05, 3.63) is 16.0 Å². The van der Waals surface area contributed by atoms with Gasteiger partial charge in [0.25, 0.3) is 0 Å². The number of aryl methyl sites for hydroxylation is 1. The van der Waals surface area contributed by atoms with E-state index < -0.39 is 0 Å². The maximum atomic E-state index is 5.87. The topological polar surface area (TPSA) is 67.6 Å². The van der Waals surface area contributed by atoms with Gasteiger partial charge in [-0.2, -0.15) is 5.10 Å². The lowest BCUT2D eigenvalue weighted by molar-refractivity contribution is 0.649. The molecule has 2 heterocycles. The van der Waals surface area contributed by atoms with Crippen LogP contribution in [0.25, 0.3) is 11.4 Å². The zero-order valence-electron chi connectivity index (χ0n) is 9.74. The Kier molecular flexibility index (Phi) is 2.96. The van der Waals surface area contributed by atoms with E-state index in [1.54, 1.807) is 11.3 Å². The Labute approximate surface area is 98.9 Å². The van der Waals surface area contributed by atoms with Crippen molar-refractivity contribution in [3.63, 3.8) is 0 Å². The van der Waals surface area contributed by atoms with Gasteiger partial charge in [0, 0.05) is 10.9 Å². The fourth-order valence-electron chi connectivity index (χ4n) is 1.68. The predicted molar refractivity (Wildman–Crippen MR) is 67.4 cm³/mol. The summed E-state index contributed by atoms with van der Waals surface area (Å²) >= 11 is 1.64. The van der Waals surface area contributed by atoms with Crippen LogP contribution >= 0.6 is 11.3 Å². The summed E-state index contributed by atoms with van der Waals surface area (Å²) in [5.41, 5.74) is 8.87. The normalized spacial score (nSPS) is 11.2. The molecule has 0 bridgehead atoms. The Morgan fingerprint density at radius 2 is 2.25 bits per heavy atom. The highest BCUT2D eigenvalue weighted by molar-refractivity contribution is 7.09. The molecule has 0 aromatic carbocycles. The van der Waals surface area contributed by atoms with E-state index in [-0.39, 0.29) is 0 Å². The number of nitrogens with one attached hydrogen (secondary N) is 1. The molecule has 0 radical (unpaired) electrons. The lowest BCUT2D eigenvalue weighted by atomic mass is 10.0. The average molecular weight is 236 g/mol. The summed E-state index contributed by atoms with van der Waals surface area (Å²) in [5, 5.41) is 10.1. The van der Waals surface area contributed by atoms with Crippen LogP contribution in [0.3, 0.4) is 0 Å². The van der Waals surface area contributed by atoms with E-state index in [4.69, 9.17) is 5.73 Å². The molecule has 0 fully saturated rings. The fraction of sp³-hybridized carbons (Fsp3) is 0.455. The first-order valence-electron chi connectivity index (χ1n) is 5.33. The molecule has 5 heteroatoms. The van der Waals surface area contributed by atoms with E-state index in [0.717, 1.165) is 28.4 Å². The molecule has 0 aliphatic carbocycles. The number of hydrogen-bond acceptors (Lipinski definition) is 4. The lowest BCUT2D eigenvalue weighted by Crippen LogP contribution is -1.99. The van der Waals surface area contributed by atoms with Crippen LogP contribution in [0.5, 0.6) is 0 Å². The number of hydrogen-bond donors (Lipinski definition) is 2. The van der Waals surface area contributed by atoms with Crippen molar-refractivity contribution in [1.29, 1.82) is 0 Å². The summed E-state index contributed by atoms with van der Waals surface area (Å²) in [5.74, 6) is 1.15. The van der Waals surface area contributed by atoms with E-state index >= 15 is 0 Å². The van der Waals surface area contributed by atoms with Gasteiger partial charge < -0.3 is 5.73 Å². The molecule has 0 saturated heterocycles. The number of rotatable bonds is 3. The lowest BCUT2D eigenvalue weighted by Gasteiger charge is -2.04. The smallest absolute Gasteiger partial charge is 0.149 e. The van der Waals surface area contributed by atoms with Crippen molar-refractivity contribution in [3.8, 4) is 11.4 Å². The third-order valence-electron chi connectivity index (χ3n) is 2.39. The monoisotopic (exact) mass is 236 g/mol. The summed E-state index contributed by atoms with van der Waals surface area (Å²) in [7, 11) is 0. The van der Waals surface area contributed by atoms with Crippen molar-refractivity contribution in [2.75, 3.05) is 5.73 Å². The van der Waals surface area contributed by atoms with Gasteiger partial charge in [0.1, 0.15) is 5.82 Å². The SMILES string of the molecule is Cc1nc(-c2[nH]nc(N)c2CC(C)C)cs1. The highest BCUT2D eigenvalue weighted by Crippen LogP contribution is 2.28. The van der Waals surface area contributed by atoms with Crippen LogP contribution in [0.15, 0.2) is 5.38 Å². The number of aromatic nitrogens is 3. The fourth-order valence-corrected chi connectivity index (χ4v) is 2.29. The number of nitrogens with two attached hydrogens (primary N) is 1. The standard InChI is InChI=1S/C11H16N4S/c1-6(2)4-8-10(14-15-11(8)12)9-5-16-7(3)13-9/h5-6H,4H2,1-3H3,(H3,12,14,15). The maximum Gasteiger partial charge on any atom is 0.149 e. The Morgan fingerprint density at radius 1 is 1.50 bits per heavy atom. The number of nitrogen functional groups attached to an aromatic ring is 1. The molecule has 2 aromatic rings. The third kappa shape index (κ3) is 2.09. The number of aromatic amines is 1. The van der Waals surface area contributed by atoms with Crippen molar-refractivity contribution in [2.24, 2.45) is 5.92 Å². The molecule has 0 unspecified atom stereocenters. The molecule has 16 heavy (non-hydrogen) atoms. The summed E-state index contributed by atoms with van der Waals surface area (Å²) in [6, 6.07) is 0. The summed E-state index contributed by atoms with van der Waals surface area (Å²) < 4.78 is 0. The largest absolute Gasteiger partial charge is 0.382 e. The molecule has 0 atom stereocenters. The molecule has 86 valence electrons. The minimum absolute atomic E-state index is 0.554. The molecule has 2 aromatic heterocycles. The van der Waals surface area contributed by atoms with Crippen LogP contribution < -0.4 is 5.73 Å². The molecular formula is C11H16N4S. The molecule has 0 amide bonds. The zero-order valence-corrected chi connectivity index (χ0v) is 10.6. The van der Waals surface area contributed by atoms with Gasteiger partial charge >= 0.3 is 0 Å². The molecule has 0 saturated carbocycles. The second-order valence-electron chi connectivity index (χ2n) is 4.31. The molecule has 0 aliphatic heterocycles. The van der Waals surface area contributed by atoms with E-state index in [1.807, 2.05) is 12.3 Å². The summed E-state index contributed by atoms with van der Waals surface area (Å²) in [6.07, 6.45) is 0.925. The number of H-pyrrole nitrogens is 1. The second kappa shape index (κ2) is 4.25. The Hall–Kier alpha value is -1.36. The van der Waals surface area contributed by atoms with Crippen LogP contribution in [-0.2, 0) is 6.42 Å². The van der Waals surface area contributed by atoms with Gasteiger partial charge in [0.15, 0.2) is 0 Å². The van der Waals surface area contributed by atoms with Gasteiger partial charge in [-0.05, 0) is 19.3 Å². The molecular weight excluding hydrogens is 220 g/mol. The van der Waals surface area contributed by atoms with Crippen molar-refractivity contribution < 1.29 is 0 Å². The first-order valence-corrected chi connectivity index (χ1v) is 6.21. The van der Waals surface area contributed by atoms with E-state index in [0.29, 0.717) is 11.7 Å². The van der Waals surface area contributed by atoms with Gasteiger partial charge in [-0.15, -0.1) is 11.3 Å². The van der Waals surface area contributed by atoms with Crippen molar-refractivity contribution in [2.45, 2.75) is 27.2 Å². The van der Waals surface area contributed by atoms with Crippen LogP contribution in [0.1, 0.15) is 24.4 Å². The van der Waals surface area contributed by atoms with Crippen LogP contribution in [-0.4, -0.2) is 15.2 Å². The minimum atomic E-state index is 0.554. The van der Waals surface area contributed by atoms with Crippen LogP contribution in [0.2, 0.25) is 0 Å². The summed E-state index contributed by atoms with van der Waals surface area (Å²) in [6.45, 7) is 6.33. The Bertz CT molecular complexity index is 484. The molecule has 3 N–H and O–H groups in total. The molecule has 4 nitrogen and oxygen atoms in total. The van der Waals surface area contributed by atoms with Gasteiger partial charge in [-0.1, -0.05) is 13.8 Å². The first kappa shape index (κ1) is 11.1. The van der Waals surface area contributed by atoms with E-state index in [1.165, 1.54) is 0 Å². The van der Waals surface area contributed by atoms with E-state index in [9.17, 15) is 0 Å². The second-order valence-corrected chi connectivity index (χ2v) is 5.37. The van der Waals surface area contributed by atoms with Crippen LogP contribution in [0, 0.1) is 12.8 Å².